The van der Waals surface area contributed by atoms with Gasteiger partial charge in [0.15, 0.2) is 0 Å². The average molecular weight is 220 g/mol. The van der Waals surface area contributed by atoms with E-state index in [0.29, 0.717) is 11.9 Å². The Bertz CT molecular complexity index is 149. The first-order valence-corrected chi connectivity index (χ1v) is 5.27. The number of hydrogen-bond acceptors (Lipinski definition) is 1. The second kappa shape index (κ2) is 4.10. The third-order valence-corrected chi connectivity index (χ3v) is 2.84. The zero-order chi connectivity index (χ0) is 8.27. The Morgan fingerprint density at radius 1 is 1.73 bits per heavy atom. The van der Waals surface area contributed by atoms with E-state index in [9.17, 15) is 4.79 Å². The monoisotopic (exact) mass is 219 g/mol. The second-order valence-corrected chi connectivity index (χ2v) is 3.58. The molecule has 1 aliphatic rings. The van der Waals surface area contributed by atoms with E-state index < -0.39 is 0 Å². The van der Waals surface area contributed by atoms with Gasteiger partial charge in [0.1, 0.15) is 0 Å². The van der Waals surface area contributed by atoms with Crippen LogP contribution < -0.4 is 0 Å². The van der Waals surface area contributed by atoms with Crippen molar-refractivity contribution in [2.75, 3.05) is 11.9 Å². The molecule has 1 rings (SSSR count). The molecule has 0 aromatic carbocycles. The summed E-state index contributed by atoms with van der Waals surface area (Å²) < 4.78 is 0. The summed E-state index contributed by atoms with van der Waals surface area (Å²) in [5.74, 6) is 0.330. The molecule has 0 radical (unpaired) electrons. The van der Waals surface area contributed by atoms with Gasteiger partial charge in [-0.25, -0.2) is 0 Å². The van der Waals surface area contributed by atoms with E-state index in [1.54, 1.807) is 0 Å². The minimum atomic E-state index is 0.330. The van der Waals surface area contributed by atoms with E-state index in [4.69, 9.17) is 0 Å². The fraction of sp³-hybridized carbons (Fsp3) is 0.875. The number of nitrogens with zero attached hydrogens (tertiary/aromatic N) is 1. The number of amides is 1. The van der Waals surface area contributed by atoms with Gasteiger partial charge in [-0.15, -0.1) is 0 Å². The highest BCUT2D eigenvalue weighted by atomic mass is 79.9. The van der Waals surface area contributed by atoms with Crippen LogP contribution in [-0.2, 0) is 4.79 Å². The van der Waals surface area contributed by atoms with Gasteiger partial charge in [0.05, 0.1) is 0 Å². The number of halogens is 1. The smallest absolute Gasteiger partial charge is 0.222 e. The molecule has 11 heavy (non-hydrogen) atoms. The van der Waals surface area contributed by atoms with E-state index in [1.165, 1.54) is 0 Å². The van der Waals surface area contributed by atoms with Crippen LogP contribution in [0.3, 0.4) is 0 Å². The molecule has 0 aromatic rings. The standard InChI is InChI=1S/C8H14BrNO/c1-2-5-10-7(6-9)3-4-8(10)11/h7H,2-6H2,1H3. The molecular weight excluding hydrogens is 206 g/mol. The van der Waals surface area contributed by atoms with Crippen LogP contribution in [0.25, 0.3) is 0 Å². The summed E-state index contributed by atoms with van der Waals surface area (Å²) in [7, 11) is 0. The maximum atomic E-state index is 11.2. The van der Waals surface area contributed by atoms with Crippen LogP contribution in [0.15, 0.2) is 0 Å². The third-order valence-electron chi connectivity index (χ3n) is 2.10. The molecule has 1 fully saturated rings. The number of alkyl halides is 1. The Balaban J connectivity index is 2.49. The summed E-state index contributed by atoms with van der Waals surface area (Å²) in [6, 6.07) is 0.461. The Labute approximate surface area is 76.1 Å². The van der Waals surface area contributed by atoms with E-state index in [1.807, 2.05) is 4.90 Å². The SMILES string of the molecule is CCCN1C(=O)CCC1CBr. The summed E-state index contributed by atoms with van der Waals surface area (Å²) in [5, 5.41) is 0.929. The lowest BCUT2D eigenvalue weighted by Crippen LogP contribution is -2.34. The fourth-order valence-corrected chi connectivity index (χ4v) is 2.18. The van der Waals surface area contributed by atoms with Crippen LogP contribution in [0.5, 0.6) is 0 Å². The number of carbonyl (C=O) groups is 1. The van der Waals surface area contributed by atoms with Crippen molar-refractivity contribution < 1.29 is 4.79 Å². The van der Waals surface area contributed by atoms with Gasteiger partial charge in [-0.1, -0.05) is 22.9 Å². The molecular formula is C8H14BrNO. The summed E-state index contributed by atoms with van der Waals surface area (Å²) in [5.41, 5.74) is 0. The number of rotatable bonds is 3. The third kappa shape index (κ3) is 1.95. The Kier molecular flexibility index (Phi) is 3.37. The van der Waals surface area contributed by atoms with Gasteiger partial charge in [-0.2, -0.15) is 0 Å². The van der Waals surface area contributed by atoms with Crippen LogP contribution in [-0.4, -0.2) is 28.7 Å². The maximum absolute atomic E-state index is 11.2. The molecule has 0 aliphatic carbocycles. The Hall–Kier alpha value is -0.0500. The zero-order valence-corrected chi connectivity index (χ0v) is 8.43. The molecule has 1 amide bonds. The van der Waals surface area contributed by atoms with Crippen LogP contribution in [0.1, 0.15) is 26.2 Å². The average Bonchev–Trinajstić information content (AvgIpc) is 2.34. The van der Waals surface area contributed by atoms with Crippen molar-refractivity contribution >= 4 is 21.8 Å². The molecule has 1 atom stereocenters. The lowest BCUT2D eigenvalue weighted by molar-refractivity contribution is -0.128. The molecule has 0 bridgehead atoms. The predicted octanol–water partition coefficient (Wildman–Crippen LogP) is 1.78. The summed E-state index contributed by atoms with van der Waals surface area (Å²) >= 11 is 3.42. The highest BCUT2D eigenvalue weighted by Gasteiger charge is 2.28. The molecule has 3 heteroatoms. The van der Waals surface area contributed by atoms with Crippen molar-refractivity contribution in [3.05, 3.63) is 0 Å². The van der Waals surface area contributed by atoms with Gasteiger partial charge < -0.3 is 4.90 Å². The van der Waals surface area contributed by atoms with E-state index in [0.717, 1.165) is 31.1 Å². The Morgan fingerprint density at radius 3 is 3.00 bits per heavy atom. The predicted molar refractivity (Wildman–Crippen MR) is 48.8 cm³/mol. The lowest BCUT2D eigenvalue weighted by Gasteiger charge is -2.22. The normalized spacial score (nSPS) is 24.7. The van der Waals surface area contributed by atoms with Gasteiger partial charge in [0.25, 0.3) is 0 Å². The maximum Gasteiger partial charge on any atom is 0.222 e. The largest absolute Gasteiger partial charge is 0.339 e. The fourth-order valence-electron chi connectivity index (χ4n) is 1.50. The molecule has 1 unspecified atom stereocenters. The summed E-state index contributed by atoms with van der Waals surface area (Å²) in [4.78, 5) is 13.2. The quantitative estimate of drug-likeness (QED) is 0.664. The van der Waals surface area contributed by atoms with Gasteiger partial charge in [-0.05, 0) is 12.8 Å². The first kappa shape index (κ1) is 9.04. The highest BCUT2D eigenvalue weighted by Crippen LogP contribution is 2.20. The molecule has 0 spiro atoms. The van der Waals surface area contributed by atoms with Crippen molar-refractivity contribution in [2.24, 2.45) is 0 Å². The zero-order valence-electron chi connectivity index (χ0n) is 6.85. The molecule has 2 nitrogen and oxygen atoms in total. The van der Waals surface area contributed by atoms with E-state index in [2.05, 4.69) is 22.9 Å². The number of carbonyl (C=O) groups excluding carboxylic acids is 1. The van der Waals surface area contributed by atoms with Crippen molar-refractivity contribution in [2.45, 2.75) is 32.2 Å². The minimum absolute atomic E-state index is 0.330. The second-order valence-electron chi connectivity index (χ2n) is 2.93. The van der Waals surface area contributed by atoms with Gasteiger partial charge in [0, 0.05) is 24.3 Å². The molecule has 0 saturated carbocycles. The van der Waals surface area contributed by atoms with Gasteiger partial charge in [0.2, 0.25) is 5.91 Å². The van der Waals surface area contributed by atoms with Crippen molar-refractivity contribution in [3.8, 4) is 0 Å². The summed E-state index contributed by atoms with van der Waals surface area (Å²) in [6.45, 7) is 3.03. The number of likely N-dealkylation sites (tertiary alicyclic amines) is 1. The minimum Gasteiger partial charge on any atom is -0.339 e. The van der Waals surface area contributed by atoms with Crippen molar-refractivity contribution in [3.63, 3.8) is 0 Å². The van der Waals surface area contributed by atoms with Gasteiger partial charge in [-0.3, -0.25) is 4.79 Å². The lowest BCUT2D eigenvalue weighted by atomic mass is 10.2. The molecule has 64 valence electrons. The molecule has 0 N–H and O–H groups in total. The molecule has 0 aromatic heterocycles. The first-order chi connectivity index (χ1) is 5.29. The van der Waals surface area contributed by atoms with Gasteiger partial charge >= 0.3 is 0 Å². The van der Waals surface area contributed by atoms with Crippen LogP contribution in [0.4, 0.5) is 0 Å². The Morgan fingerprint density at radius 2 is 2.45 bits per heavy atom. The highest BCUT2D eigenvalue weighted by molar-refractivity contribution is 9.09. The topological polar surface area (TPSA) is 20.3 Å². The first-order valence-electron chi connectivity index (χ1n) is 4.15. The van der Waals surface area contributed by atoms with E-state index in [-0.39, 0.29) is 0 Å². The molecule has 1 aliphatic heterocycles. The summed E-state index contributed by atoms with van der Waals surface area (Å²) in [6.07, 6.45) is 2.84. The number of hydrogen-bond donors (Lipinski definition) is 0. The van der Waals surface area contributed by atoms with Crippen molar-refractivity contribution in [1.29, 1.82) is 0 Å². The van der Waals surface area contributed by atoms with E-state index >= 15 is 0 Å². The van der Waals surface area contributed by atoms with Crippen LogP contribution in [0.2, 0.25) is 0 Å². The van der Waals surface area contributed by atoms with Crippen LogP contribution in [0, 0.1) is 0 Å². The molecule has 1 heterocycles. The molecule has 1 saturated heterocycles. The van der Waals surface area contributed by atoms with Crippen molar-refractivity contribution in [1.82, 2.24) is 4.90 Å². The van der Waals surface area contributed by atoms with Crippen LogP contribution >= 0.6 is 15.9 Å².